The second kappa shape index (κ2) is 6.67. The van der Waals surface area contributed by atoms with Crippen LogP contribution in [0.2, 0.25) is 0 Å². The normalized spacial score (nSPS) is 15.9. The summed E-state index contributed by atoms with van der Waals surface area (Å²) in [6, 6.07) is 0. The summed E-state index contributed by atoms with van der Waals surface area (Å²) in [6.07, 6.45) is 1.99. The lowest BCUT2D eigenvalue weighted by molar-refractivity contribution is -0.149. The largest absolute Gasteiger partial charge is 0.455 e. The lowest BCUT2D eigenvalue weighted by Crippen LogP contribution is -2.29. The monoisotopic (exact) mass is 338 g/mol. The maximum absolute atomic E-state index is 12.1. The molecule has 0 aromatic carbocycles. The van der Waals surface area contributed by atoms with E-state index in [0.29, 0.717) is 5.01 Å². The van der Waals surface area contributed by atoms with E-state index in [1.54, 1.807) is 20.8 Å². The highest BCUT2D eigenvalue weighted by molar-refractivity contribution is 7.13. The van der Waals surface area contributed by atoms with E-state index in [9.17, 15) is 9.59 Å². The molecule has 0 spiro atoms. The zero-order valence-corrected chi connectivity index (χ0v) is 14.6. The van der Waals surface area contributed by atoms with Crippen molar-refractivity contribution in [3.63, 3.8) is 0 Å². The molecule has 1 aliphatic rings. The quantitative estimate of drug-likeness (QED) is 0.630. The van der Waals surface area contributed by atoms with Crippen molar-refractivity contribution in [3.8, 4) is 0 Å². The van der Waals surface area contributed by atoms with Crippen molar-refractivity contribution in [2.24, 2.45) is 5.73 Å². The molecule has 0 atom stereocenters. The van der Waals surface area contributed by atoms with Gasteiger partial charge in [-0.3, -0.25) is 4.79 Å². The predicted molar refractivity (Wildman–Crippen MR) is 87.7 cm³/mol. The fourth-order valence-corrected chi connectivity index (χ4v) is 3.11. The van der Waals surface area contributed by atoms with Crippen molar-refractivity contribution in [2.45, 2.75) is 39.3 Å². The Balaban J connectivity index is 1.99. The van der Waals surface area contributed by atoms with Crippen molar-refractivity contribution >= 4 is 23.2 Å². The molecule has 2 rings (SSSR count). The number of fused-ring (bicyclic) bond motifs is 1. The van der Waals surface area contributed by atoms with Crippen LogP contribution in [-0.2, 0) is 22.5 Å². The number of rotatable bonds is 3. The molecule has 1 aromatic rings. The van der Waals surface area contributed by atoms with Crippen LogP contribution in [0.3, 0.4) is 0 Å². The number of ether oxygens (including phenoxy) is 1. The van der Waals surface area contributed by atoms with Gasteiger partial charge in [0, 0.05) is 30.6 Å². The zero-order chi connectivity index (χ0) is 17.2. The number of esters is 1. The lowest BCUT2D eigenvalue weighted by atomic mass is 10.2. The van der Waals surface area contributed by atoms with Crippen molar-refractivity contribution in [1.82, 2.24) is 15.2 Å². The van der Waals surface area contributed by atoms with Crippen LogP contribution in [0, 0.1) is 0 Å². The number of aromatic nitrogens is 1. The third-order valence-corrected chi connectivity index (χ3v) is 4.19. The number of thiazole rings is 1. The van der Waals surface area contributed by atoms with Crippen LogP contribution in [0.15, 0.2) is 11.9 Å². The first-order valence-corrected chi connectivity index (χ1v) is 8.14. The van der Waals surface area contributed by atoms with Gasteiger partial charge < -0.3 is 20.7 Å². The van der Waals surface area contributed by atoms with E-state index in [0.717, 1.165) is 36.3 Å². The van der Waals surface area contributed by atoms with Crippen LogP contribution >= 0.6 is 11.3 Å². The third-order valence-electron chi connectivity index (χ3n) is 3.11. The van der Waals surface area contributed by atoms with Crippen molar-refractivity contribution in [3.05, 3.63) is 27.5 Å². The molecule has 1 aliphatic heterocycles. The van der Waals surface area contributed by atoms with Gasteiger partial charge in [0.05, 0.1) is 5.69 Å². The number of carbonyl (C=O) groups is 2. The number of hydrogen-bond donors (Lipinski definition) is 2. The number of amides is 1. The number of carbonyl (C=O) groups excluding carboxylic acids is 2. The molecular weight excluding hydrogens is 316 g/mol. The molecule has 1 aromatic heterocycles. The minimum Gasteiger partial charge on any atom is -0.455 e. The van der Waals surface area contributed by atoms with Gasteiger partial charge in [-0.1, -0.05) is 0 Å². The van der Waals surface area contributed by atoms with Crippen LogP contribution in [0.25, 0.3) is 0 Å². The van der Waals surface area contributed by atoms with Gasteiger partial charge in [0.1, 0.15) is 11.3 Å². The van der Waals surface area contributed by atoms with E-state index < -0.39 is 11.6 Å². The molecule has 0 aliphatic carbocycles. The van der Waals surface area contributed by atoms with Crippen molar-refractivity contribution < 1.29 is 14.3 Å². The smallest absolute Gasteiger partial charge is 0.356 e. The molecule has 0 bridgehead atoms. The van der Waals surface area contributed by atoms with Crippen molar-refractivity contribution in [2.75, 3.05) is 13.6 Å². The lowest BCUT2D eigenvalue weighted by Gasteiger charge is -2.20. The van der Waals surface area contributed by atoms with Gasteiger partial charge in [0.25, 0.3) is 5.91 Å². The average molecular weight is 338 g/mol. The molecule has 126 valence electrons. The molecule has 8 heteroatoms. The van der Waals surface area contributed by atoms with Crippen LogP contribution in [0.4, 0.5) is 0 Å². The fraction of sp³-hybridized carbons (Fsp3) is 0.533. The minimum absolute atomic E-state index is 0.158. The molecule has 0 fully saturated rings. The summed E-state index contributed by atoms with van der Waals surface area (Å²) in [5, 5.41) is 2.87. The first-order chi connectivity index (χ1) is 10.7. The van der Waals surface area contributed by atoms with Gasteiger partial charge in [0.2, 0.25) is 0 Å². The van der Waals surface area contributed by atoms with Gasteiger partial charge >= 0.3 is 5.97 Å². The molecule has 1 amide bonds. The zero-order valence-electron chi connectivity index (χ0n) is 13.8. The van der Waals surface area contributed by atoms with Crippen LogP contribution in [-0.4, -0.2) is 41.0 Å². The van der Waals surface area contributed by atoms with E-state index in [2.05, 4.69) is 15.2 Å². The maximum atomic E-state index is 12.1. The first kappa shape index (κ1) is 17.4. The number of nitrogens with zero attached hydrogens (tertiary/aromatic N) is 2. The van der Waals surface area contributed by atoms with Gasteiger partial charge in [0.15, 0.2) is 5.01 Å². The number of hydrogen-bond acceptors (Lipinski definition) is 7. The summed E-state index contributed by atoms with van der Waals surface area (Å²) in [5.41, 5.74) is 5.79. The van der Waals surface area contributed by atoms with Crippen LogP contribution < -0.4 is 11.1 Å². The summed E-state index contributed by atoms with van der Waals surface area (Å²) in [4.78, 5) is 31.5. The second-order valence-corrected chi connectivity index (χ2v) is 7.54. The van der Waals surface area contributed by atoms with Crippen molar-refractivity contribution in [1.29, 1.82) is 0 Å². The summed E-state index contributed by atoms with van der Waals surface area (Å²) < 4.78 is 5.11. The Bertz CT molecular complexity index is 646. The Kier molecular flexibility index (Phi) is 5.06. The average Bonchev–Trinajstić information content (AvgIpc) is 2.85. The Morgan fingerprint density at radius 1 is 1.43 bits per heavy atom. The summed E-state index contributed by atoms with van der Waals surface area (Å²) in [5.74, 6) is -1.04. The highest BCUT2D eigenvalue weighted by Gasteiger charge is 2.22. The Morgan fingerprint density at radius 2 is 2.13 bits per heavy atom. The predicted octanol–water partition coefficient (Wildman–Crippen LogP) is 1.00. The molecule has 3 N–H and O–H groups in total. The topological polar surface area (TPSA) is 97.5 Å². The Hall–Kier alpha value is -1.93. The standard InChI is InChI=1S/C15H22N4O3S/c1-15(2,3)22-14(21)9(16)7-17-12(20)13-18-10-5-6-19(4)8-11(10)23-13/h7H,5-6,8,16H2,1-4H3,(H,17,20)/b9-7+. The Morgan fingerprint density at radius 3 is 2.78 bits per heavy atom. The number of nitrogens with one attached hydrogen (secondary N) is 1. The fourth-order valence-electron chi connectivity index (χ4n) is 2.02. The van der Waals surface area contributed by atoms with Gasteiger partial charge in [-0.2, -0.15) is 0 Å². The number of nitrogens with two attached hydrogens (primary N) is 1. The molecule has 0 unspecified atom stereocenters. The second-order valence-electron chi connectivity index (χ2n) is 6.45. The first-order valence-electron chi connectivity index (χ1n) is 7.32. The maximum Gasteiger partial charge on any atom is 0.356 e. The minimum atomic E-state index is -0.669. The molecule has 2 heterocycles. The highest BCUT2D eigenvalue weighted by atomic mass is 32.1. The molecule has 0 saturated carbocycles. The summed E-state index contributed by atoms with van der Waals surface area (Å²) >= 11 is 1.37. The molecule has 7 nitrogen and oxygen atoms in total. The van der Waals surface area contributed by atoms with Crippen LogP contribution in [0.5, 0.6) is 0 Å². The van der Waals surface area contributed by atoms with Gasteiger partial charge in [-0.15, -0.1) is 11.3 Å². The Labute approximate surface area is 139 Å². The van der Waals surface area contributed by atoms with E-state index in [-0.39, 0.29) is 11.6 Å². The summed E-state index contributed by atoms with van der Waals surface area (Å²) in [7, 11) is 2.03. The molecule has 23 heavy (non-hydrogen) atoms. The van der Waals surface area contributed by atoms with E-state index in [4.69, 9.17) is 10.5 Å². The summed E-state index contributed by atoms with van der Waals surface area (Å²) in [6.45, 7) is 6.97. The molecule has 0 radical (unpaired) electrons. The number of likely N-dealkylation sites (N-methyl/N-ethyl adjacent to an activating group) is 1. The van der Waals surface area contributed by atoms with Gasteiger partial charge in [-0.05, 0) is 27.8 Å². The van der Waals surface area contributed by atoms with E-state index in [1.807, 2.05) is 7.05 Å². The van der Waals surface area contributed by atoms with Gasteiger partial charge in [-0.25, -0.2) is 9.78 Å². The third kappa shape index (κ3) is 4.77. The SMILES string of the molecule is CN1CCc2nc(C(=O)N/C=C(/N)C(=O)OC(C)(C)C)sc2C1. The molecular formula is C15H22N4O3S. The highest BCUT2D eigenvalue weighted by Crippen LogP contribution is 2.24. The van der Waals surface area contributed by atoms with Crippen LogP contribution in [0.1, 0.15) is 41.1 Å². The molecule has 0 saturated heterocycles. The van der Waals surface area contributed by atoms with E-state index >= 15 is 0 Å². The van der Waals surface area contributed by atoms with E-state index in [1.165, 1.54) is 11.3 Å².